The number of hydrogen-bond donors (Lipinski definition) is 1. The lowest BCUT2D eigenvalue weighted by molar-refractivity contribution is 0.383. The zero-order chi connectivity index (χ0) is 14.0. The van der Waals surface area contributed by atoms with E-state index in [2.05, 4.69) is 68.1 Å². The molecule has 4 nitrogen and oxygen atoms in total. The second-order valence-corrected chi connectivity index (χ2v) is 7.00. The molecule has 19 heavy (non-hydrogen) atoms. The van der Waals surface area contributed by atoms with Crippen LogP contribution in [0.5, 0.6) is 0 Å². The van der Waals surface area contributed by atoms with E-state index in [1.54, 1.807) is 0 Å². The zero-order valence-electron chi connectivity index (χ0n) is 11.0. The van der Waals surface area contributed by atoms with Crippen LogP contribution in [0.3, 0.4) is 0 Å². The summed E-state index contributed by atoms with van der Waals surface area (Å²) in [6.07, 6.45) is 0. The van der Waals surface area contributed by atoms with Crippen molar-refractivity contribution in [3.63, 3.8) is 0 Å². The minimum Gasteiger partial charge on any atom is -0.419 e. The number of hydrogen-bond acceptors (Lipinski definition) is 4. The zero-order valence-corrected chi connectivity index (χ0v) is 14.2. The molecule has 2 rings (SSSR count). The summed E-state index contributed by atoms with van der Waals surface area (Å²) in [5.74, 6) is 1.10. The van der Waals surface area contributed by atoms with Crippen molar-refractivity contribution < 1.29 is 4.42 Å². The molecule has 102 valence electrons. The fourth-order valence-corrected chi connectivity index (χ4v) is 2.65. The van der Waals surface area contributed by atoms with Gasteiger partial charge in [-0.15, -0.1) is 10.2 Å². The first-order valence-electron chi connectivity index (χ1n) is 5.88. The largest absolute Gasteiger partial charge is 0.419 e. The summed E-state index contributed by atoms with van der Waals surface area (Å²) >= 11 is 6.90. The molecule has 2 aromatic rings. The molecule has 1 aromatic heterocycles. The van der Waals surface area contributed by atoms with Crippen molar-refractivity contribution in [3.05, 3.63) is 33.0 Å². The van der Waals surface area contributed by atoms with E-state index < -0.39 is 0 Å². The summed E-state index contributed by atoms with van der Waals surface area (Å²) in [4.78, 5) is 0. The third-order valence-corrected chi connectivity index (χ3v) is 3.55. The summed E-state index contributed by atoms with van der Waals surface area (Å²) in [5, 5.41) is 11.4. The molecule has 0 amide bonds. The Labute approximate surface area is 129 Å². The molecular weight excluding hydrogens is 374 g/mol. The number of aromatic nitrogens is 2. The van der Waals surface area contributed by atoms with Crippen LogP contribution in [0.1, 0.15) is 26.7 Å². The van der Waals surface area contributed by atoms with Crippen LogP contribution in [0.4, 0.5) is 0 Å². The molecule has 0 bridgehead atoms. The Morgan fingerprint density at radius 3 is 2.58 bits per heavy atom. The third kappa shape index (κ3) is 4.12. The molecular formula is C13H15Br2N3O. The molecule has 0 aliphatic rings. The van der Waals surface area contributed by atoms with Gasteiger partial charge in [0.15, 0.2) is 0 Å². The molecule has 0 unspecified atom stereocenters. The number of benzene rings is 1. The van der Waals surface area contributed by atoms with Crippen LogP contribution in [-0.2, 0) is 6.54 Å². The van der Waals surface area contributed by atoms with Gasteiger partial charge in [-0.3, -0.25) is 0 Å². The van der Waals surface area contributed by atoms with Crippen molar-refractivity contribution in [2.45, 2.75) is 32.9 Å². The molecule has 1 N–H and O–H groups in total. The molecule has 0 spiro atoms. The average molecular weight is 389 g/mol. The predicted octanol–water partition coefficient (Wildman–Crippen LogP) is 4.15. The van der Waals surface area contributed by atoms with Gasteiger partial charge in [-0.05, 0) is 54.9 Å². The van der Waals surface area contributed by atoms with Gasteiger partial charge in [-0.2, -0.15) is 0 Å². The van der Waals surface area contributed by atoms with E-state index in [0.29, 0.717) is 18.3 Å². The Balaban J connectivity index is 2.16. The minimum absolute atomic E-state index is 0.0207. The van der Waals surface area contributed by atoms with E-state index in [0.717, 1.165) is 14.5 Å². The molecule has 0 saturated heterocycles. The highest BCUT2D eigenvalue weighted by Crippen LogP contribution is 2.29. The normalized spacial score (nSPS) is 11.8. The maximum Gasteiger partial charge on any atom is 0.248 e. The smallest absolute Gasteiger partial charge is 0.248 e. The predicted molar refractivity (Wildman–Crippen MR) is 81.7 cm³/mol. The highest BCUT2D eigenvalue weighted by molar-refractivity contribution is 9.11. The minimum atomic E-state index is 0.0207. The van der Waals surface area contributed by atoms with Crippen LogP contribution in [0, 0.1) is 0 Å². The van der Waals surface area contributed by atoms with Gasteiger partial charge < -0.3 is 9.73 Å². The standard InChI is InChI=1S/C13H15Br2N3O/c1-13(2,3)16-7-11-17-18-12(19-11)9-5-4-8(14)6-10(9)15/h4-6,16H,7H2,1-3H3. The summed E-state index contributed by atoms with van der Waals surface area (Å²) in [6.45, 7) is 6.84. The number of nitrogens with one attached hydrogen (secondary N) is 1. The first-order valence-corrected chi connectivity index (χ1v) is 7.46. The Kier molecular flexibility index (Phi) is 4.43. The van der Waals surface area contributed by atoms with Crippen molar-refractivity contribution in [2.24, 2.45) is 0 Å². The lowest BCUT2D eigenvalue weighted by Gasteiger charge is -2.18. The average Bonchev–Trinajstić information content (AvgIpc) is 2.74. The first kappa shape index (κ1) is 14.7. The first-order chi connectivity index (χ1) is 8.85. The second-order valence-electron chi connectivity index (χ2n) is 5.23. The van der Waals surface area contributed by atoms with E-state index in [1.165, 1.54) is 0 Å². The van der Waals surface area contributed by atoms with E-state index in [9.17, 15) is 0 Å². The Hall–Kier alpha value is -0.720. The summed E-state index contributed by atoms with van der Waals surface area (Å²) < 4.78 is 7.57. The highest BCUT2D eigenvalue weighted by atomic mass is 79.9. The number of rotatable bonds is 3. The van der Waals surface area contributed by atoms with Crippen LogP contribution in [0.15, 0.2) is 31.6 Å². The Morgan fingerprint density at radius 1 is 1.21 bits per heavy atom. The fourth-order valence-electron chi connectivity index (χ4n) is 1.44. The second kappa shape index (κ2) is 5.73. The van der Waals surface area contributed by atoms with Gasteiger partial charge in [-0.25, -0.2) is 0 Å². The summed E-state index contributed by atoms with van der Waals surface area (Å²) in [5.41, 5.74) is 0.907. The number of halogens is 2. The molecule has 6 heteroatoms. The van der Waals surface area contributed by atoms with Gasteiger partial charge in [0.1, 0.15) is 0 Å². The van der Waals surface area contributed by atoms with Gasteiger partial charge in [0.2, 0.25) is 11.8 Å². The van der Waals surface area contributed by atoms with Crippen LogP contribution in [-0.4, -0.2) is 15.7 Å². The van der Waals surface area contributed by atoms with E-state index in [4.69, 9.17) is 4.42 Å². The molecule has 0 fully saturated rings. The lowest BCUT2D eigenvalue weighted by atomic mass is 10.1. The van der Waals surface area contributed by atoms with Crippen molar-refractivity contribution >= 4 is 31.9 Å². The molecule has 0 atom stereocenters. The molecule has 0 aliphatic carbocycles. The van der Waals surface area contributed by atoms with E-state index in [1.807, 2.05) is 18.2 Å². The quantitative estimate of drug-likeness (QED) is 0.857. The topological polar surface area (TPSA) is 51.0 Å². The van der Waals surface area contributed by atoms with Crippen molar-refractivity contribution in [2.75, 3.05) is 0 Å². The molecule has 0 radical (unpaired) electrons. The maximum atomic E-state index is 5.66. The van der Waals surface area contributed by atoms with Crippen LogP contribution < -0.4 is 5.32 Å². The van der Waals surface area contributed by atoms with E-state index >= 15 is 0 Å². The van der Waals surface area contributed by atoms with Crippen molar-refractivity contribution in [1.82, 2.24) is 15.5 Å². The lowest BCUT2D eigenvalue weighted by Crippen LogP contribution is -2.35. The summed E-state index contributed by atoms with van der Waals surface area (Å²) in [6, 6.07) is 5.83. The van der Waals surface area contributed by atoms with E-state index in [-0.39, 0.29) is 5.54 Å². The SMILES string of the molecule is CC(C)(C)NCc1nnc(-c2ccc(Br)cc2Br)o1. The van der Waals surface area contributed by atoms with Crippen molar-refractivity contribution in [3.8, 4) is 11.5 Å². The Bertz CT molecular complexity index is 576. The van der Waals surface area contributed by atoms with Crippen LogP contribution in [0.25, 0.3) is 11.5 Å². The van der Waals surface area contributed by atoms with Gasteiger partial charge in [0, 0.05) is 14.5 Å². The van der Waals surface area contributed by atoms with Crippen molar-refractivity contribution in [1.29, 1.82) is 0 Å². The van der Waals surface area contributed by atoms with Gasteiger partial charge in [0.05, 0.1) is 12.1 Å². The fraction of sp³-hybridized carbons (Fsp3) is 0.385. The van der Waals surface area contributed by atoms with Gasteiger partial charge in [-0.1, -0.05) is 15.9 Å². The van der Waals surface area contributed by atoms with Crippen LogP contribution >= 0.6 is 31.9 Å². The summed E-state index contributed by atoms with van der Waals surface area (Å²) in [7, 11) is 0. The third-order valence-electron chi connectivity index (χ3n) is 2.40. The molecule has 0 aliphatic heterocycles. The van der Waals surface area contributed by atoms with Crippen LogP contribution in [0.2, 0.25) is 0 Å². The number of nitrogens with zero attached hydrogens (tertiary/aromatic N) is 2. The maximum absolute atomic E-state index is 5.66. The molecule has 1 heterocycles. The monoisotopic (exact) mass is 387 g/mol. The van der Waals surface area contributed by atoms with Gasteiger partial charge >= 0.3 is 0 Å². The Morgan fingerprint density at radius 2 is 1.95 bits per heavy atom. The molecule has 1 aromatic carbocycles. The molecule has 0 saturated carbocycles. The van der Waals surface area contributed by atoms with Gasteiger partial charge in [0.25, 0.3) is 0 Å². The highest BCUT2D eigenvalue weighted by Gasteiger charge is 2.14.